The molecule has 1 unspecified atom stereocenters. The molecule has 2 N–H and O–H groups in total. The lowest BCUT2D eigenvalue weighted by atomic mass is 9.93. The molecule has 17 heavy (non-hydrogen) atoms. The van der Waals surface area contributed by atoms with Gasteiger partial charge in [-0.05, 0) is 17.2 Å². The minimum atomic E-state index is -4.55. The molecule has 1 aromatic carbocycles. The second-order valence-electron chi connectivity index (χ2n) is 3.50. The van der Waals surface area contributed by atoms with Crippen molar-refractivity contribution in [3.05, 3.63) is 45.8 Å². The van der Waals surface area contributed by atoms with Gasteiger partial charge >= 0.3 is 15.8 Å². The lowest BCUT2D eigenvalue weighted by molar-refractivity contribution is -0.0193. The van der Waals surface area contributed by atoms with Crippen molar-refractivity contribution in [3.8, 4) is 0 Å². The number of nitrogens with zero attached hydrogens (tertiary/aromatic N) is 2. The first kappa shape index (κ1) is 11.7. The molecule has 2 rings (SSSR count). The average Bonchev–Trinajstić information content (AvgIpc) is 2.28. The van der Waals surface area contributed by atoms with Gasteiger partial charge in [-0.25, -0.2) is 0 Å². The Bertz CT molecular complexity index is 657. The van der Waals surface area contributed by atoms with Crippen LogP contribution in [0.3, 0.4) is 0 Å². The largest absolute Gasteiger partial charge is 0.376 e. The summed E-state index contributed by atoms with van der Waals surface area (Å²) in [6, 6.07) is 6.47. The fourth-order valence-electron chi connectivity index (χ4n) is 1.70. The summed E-state index contributed by atoms with van der Waals surface area (Å²) in [6.07, 6.45) is -0.245. The van der Waals surface area contributed by atoms with Crippen LogP contribution in [-0.2, 0) is 10.1 Å². The maximum atomic E-state index is 11.1. The Hall–Kier alpha value is -1.79. The molecule has 0 saturated carbocycles. The van der Waals surface area contributed by atoms with Gasteiger partial charge in [0.1, 0.15) is 0 Å². The molecule has 0 aromatic heterocycles. The van der Waals surface area contributed by atoms with Crippen LogP contribution >= 0.6 is 0 Å². The minimum absolute atomic E-state index is 0.410. The molecule has 1 aliphatic carbocycles. The smallest absolute Gasteiger partial charge is 0.345 e. The van der Waals surface area contributed by atoms with Crippen molar-refractivity contribution in [2.45, 2.75) is 6.10 Å². The van der Waals surface area contributed by atoms with E-state index in [2.05, 4.69) is 4.79 Å². The SMILES string of the molecule is [N-]=[N+]=C1C(S(=O)(=O)O)=Cc2ccccc2C1O. The Morgan fingerprint density at radius 3 is 2.53 bits per heavy atom. The van der Waals surface area contributed by atoms with Crippen molar-refractivity contribution in [1.29, 1.82) is 0 Å². The summed E-state index contributed by atoms with van der Waals surface area (Å²) in [4.78, 5) is 2.13. The van der Waals surface area contributed by atoms with E-state index in [9.17, 15) is 13.5 Å². The molecule has 0 heterocycles. The standard InChI is InChI=1S/C10H8N2O4S/c11-12-9-8(17(14,15)16)5-6-3-1-2-4-7(6)10(9)13/h1-5,10,13H,(H,14,15,16). The van der Waals surface area contributed by atoms with Gasteiger partial charge in [-0.3, -0.25) is 4.55 Å². The van der Waals surface area contributed by atoms with Crippen LogP contribution in [0.15, 0.2) is 29.2 Å². The van der Waals surface area contributed by atoms with Gasteiger partial charge in [0, 0.05) is 0 Å². The Kier molecular flexibility index (Phi) is 2.68. The number of aliphatic hydroxyl groups excluding tert-OH is 1. The molecule has 0 saturated heterocycles. The summed E-state index contributed by atoms with van der Waals surface area (Å²) in [7, 11) is -4.55. The van der Waals surface area contributed by atoms with Gasteiger partial charge in [-0.2, -0.15) is 13.2 Å². The number of benzene rings is 1. The Labute approximate surface area is 97.2 Å². The average molecular weight is 252 g/mol. The monoisotopic (exact) mass is 252 g/mol. The molecule has 88 valence electrons. The molecule has 0 aliphatic heterocycles. The summed E-state index contributed by atoms with van der Waals surface area (Å²) in [6.45, 7) is 0. The molecule has 1 aromatic rings. The first-order chi connectivity index (χ1) is 7.95. The number of fused-ring (bicyclic) bond motifs is 1. The highest BCUT2D eigenvalue weighted by Gasteiger charge is 2.38. The third-order valence-electron chi connectivity index (χ3n) is 2.47. The number of hydrogen-bond acceptors (Lipinski definition) is 3. The molecule has 0 amide bonds. The predicted molar refractivity (Wildman–Crippen MR) is 59.6 cm³/mol. The molecule has 1 aliphatic rings. The topological polar surface area (TPSA) is 111 Å². The van der Waals surface area contributed by atoms with E-state index in [4.69, 9.17) is 10.1 Å². The lowest BCUT2D eigenvalue weighted by Crippen LogP contribution is -2.24. The predicted octanol–water partition coefficient (Wildman–Crippen LogP) is 0.633. The zero-order chi connectivity index (χ0) is 12.6. The van der Waals surface area contributed by atoms with E-state index in [1.54, 1.807) is 24.3 Å². The second kappa shape index (κ2) is 3.90. The molecular formula is C10H8N2O4S. The van der Waals surface area contributed by atoms with Crippen LogP contribution in [0, 0.1) is 0 Å². The molecule has 0 fully saturated rings. The van der Waals surface area contributed by atoms with Gasteiger partial charge in [0.05, 0.1) is 0 Å². The third-order valence-corrected chi connectivity index (χ3v) is 3.36. The van der Waals surface area contributed by atoms with Gasteiger partial charge in [0.25, 0.3) is 0 Å². The lowest BCUT2D eigenvalue weighted by Gasteiger charge is -2.15. The third kappa shape index (κ3) is 1.92. The highest BCUT2D eigenvalue weighted by atomic mass is 32.2. The molecule has 7 heteroatoms. The van der Waals surface area contributed by atoms with Crippen LogP contribution in [0.2, 0.25) is 0 Å². The fourth-order valence-corrected chi connectivity index (χ4v) is 2.39. The highest BCUT2D eigenvalue weighted by molar-refractivity contribution is 7.91. The van der Waals surface area contributed by atoms with Crippen LogP contribution in [0.25, 0.3) is 11.6 Å². The van der Waals surface area contributed by atoms with Crippen molar-refractivity contribution in [2.75, 3.05) is 0 Å². The highest BCUT2D eigenvalue weighted by Crippen LogP contribution is 2.30. The molecule has 0 spiro atoms. The van der Waals surface area contributed by atoms with E-state index in [0.29, 0.717) is 11.1 Å². The van der Waals surface area contributed by atoms with Crippen LogP contribution in [-0.4, -0.2) is 28.6 Å². The van der Waals surface area contributed by atoms with E-state index < -0.39 is 26.8 Å². The van der Waals surface area contributed by atoms with E-state index in [-0.39, 0.29) is 0 Å². The second-order valence-corrected chi connectivity index (χ2v) is 4.89. The molecule has 1 atom stereocenters. The van der Waals surface area contributed by atoms with E-state index in [0.717, 1.165) is 6.08 Å². The van der Waals surface area contributed by atoms with Crippen molar-refractivity contribution in [1.82, 2.24) is 0 Å². The van der Waals surface area contributed by atoms with Crippen molar-refractivity contribution in [2.24, 2.45) is 0 Å². The maximum Gasteiger partial charge on any atom is 0.345 e. The van der Waals surface area contributed by atoms with E-state index in [1.165, 1.54) is 0 Å². The first-order valence-corrected chi connectivity index (χ1v) is 6.07. The molecule has 0 bridgehead atoms. The molecular weight excluding hydrogens is 244 g/mol. The van der Waals surface area contributed by atoms with Gasteiger partial charge in [0.2, 0.25) is 0 Å². The summed E-state index contributed by atoms with van der Waals surface area (Å²) >= 11 is 0. The van der Waals surface area contributed by atoms with Crippen molar-refractivity contribution >= 4 is 21.9 Å². The number of rotatable bonds is 1. The van der Waals surface area contributed by atoms with E-state index >= 15 is 0 Å². The fraction of sp³-hybridized carbons (Fsp3) is 0.100. The maximum absolute atomic E-state index is 11.1. The first-order valence-electron chi connectivity index (χ1n) is 4.63. The summed E-state index contributed by atoms with van der Waals surface area (Å²) in [5.74, 6) is 0. The zero-order valence-corrected chi connectivity index (χ0v) is 9.29. The van der Waals surface area contributed by atoms with Gasteiger partial charge in [-0.15, -0.1) is 0 Å². The normalized spacial score (nSPS) is 19.3. The number of aliphatic hydroxyl groups is 1. The molecule has 6 nitrogen and oxygen atoms in total. The van der Waals surface area contributed by atoms with Crippen LogP contribution in [0.1, 0.15) is 17.2 Å². The Morgan fingerprint density at radius 1 is 1.29 bits per heavy atom. The van der Waals surface area contributed by atoms with Gasteiger partial charge < -0.3 is 10.6 Å². The summed E-state index contributed by atoms with van der Waals surface area (Å²) in [5, 5.41) is 9.85. The van der Waals surface area contributed by atoms with Crippen LogP contribution in [0.4, 0.5) is 0 Å². The summed E-state index contributed by atoms with van der Waals surface area (Å²) in [5.41, 5.74) is 9.09. The number of hydrogen-bond donors (Lipinski definition) is 2. The Morgan fingerprint density at radius 2 is 1.94 bits per heavy atom. The van der Waals surface area contributed by atoms with Crippen molar-refractivity contribution < 1.29 is 22.9 Å². The quantitative estimate of drug-likeness (QED) is 0.433. The van der Waals surface area contributed by atoms with Crippen molar-refractivity contribution in [3.63, 3.8) is 0 Å². The minimum Gasteiger partial charge on any atom is -0.376 e. The molecule has 0 radical (unpaired) electrons. The summed E-state index contributed by atoms with van der Waals surface area (Å²) < 4.78 is 31.2. The zero-order valence-electron chi connectivity index (χ0n) is 8.48. The Balaban J connectivity index is 2.78. The van der Waals surface area contributed by atoms with Gasteiger partial charge in [-0.1, -0.05) is 24.3 Å². The van der Waals surface area contributed by atoms with E-state index in [1.807, 2.05) is 0 Å². The van der Waals surface area contributed by atoms with Crippen LogP contribution < -0.4 is 0 Å². The van der Waals surface area contributed by atoms with Gasteiger partial charge in [0.15, 0.2) is 11.0 Å². The van der Waals surface area contributed by atoms with Crippen LogP contribution in [0.5, 0.6) is 0 Å².